The molecule has 0 atom stereocenters. The average Bonchev–Trinajstić information content (AvgIpc) is 2.69. The lowest BCUT2D eigenvalue weighted by Gasteiger charge is -2.29. The number of rotatable bonds is 5. The van der Waals surface area contributed by atoms with Gasteiger partial charge in [0, 0.05) is 28.0 Å². The summed E-state index contributed by atoms with van der Waals surface area (Å²) in [6.07, 6.45) is 2.65. The molecule has 0 aliphatic carbocycles. The van der Waals surface area contributed by atoms with Gasteiger partial charge in [0.1, 0.15) is 0 Å². The highest BCUT2D eigenvalue weighted by Crippen LogP contribution is 2.24. The van der Waals surface area contributed by atoms with Crippen LogP contribution in [0.4, 0.5) is 5.69 Å². The maximum atomic E-state index is 12.5. The Morgan fingerprint density at radius 3 is 2.33 bits per heavy atom. The zero-order chi connectivity index (χ0) is 19.3. The summed E-state index contributed by atoms with van der Waals surface area (Å²) in [5.41, 5.74) is 1.64. The van der Waals surface area contributed by atoms with Crippen molar-refractivity contribution in [1.82, 2.24) is 4.31 Å². The smallest absolute Gasteiger partial charge is 0.236 e. The van der Waals surface area contributed by atoms with Gasteiger partial charge in [-0.15, -0.1) is 0 Å². The zero-order valence-corrected chi connectivity index (χ0v) is 17.7. The van der Waals surface area contributed by atoms with E-state index < -0.39 is 10.0 Å². The summed E-state index contributed by atoms with van der Waals surface area (Å²) in [5.74, 6) is -0.221. The summed E-state index contributed by atoms with van der Waals surface area (Å²) in [6, 6.07) is 16.9. The van der Waals surface area contributed by atoms with E-state index >= 15 is 0 Å². The number of halogens is 1. The molecule has 0 bridgehead atoms. The van der Waals surface area contributed by atoms with Gasteiger partial charge in [0.05, 0.1) is 5.69 Å². The van der Waals surface area contributed by atoms with Crippen LogP contribution in [-0.2, 0) is 14.8 Å². The van der Waals surface area contributed by atoms with E-state index in [0.29, 0.717) is 25.9 Å². The van der Waals surface area contributed by atoms with Gasteiger partial charge in [-0.3, -0.25) is 4.79 Å². The molecule has 7 heteroatoms. The molecule has 5 nitrogen and oxygen atoms in total. The summed E-state index contributed by atoms with van der Waals surface area (Å²) in [5, 5.41) is 4.20. The van der Waals surface area contributed by atoms with Crippen LogP contribution >= 0.6 is 22.6 Å². The van der Waals surface area contributed by atoms with E-state index in [2.05, 4.69) is 27.9 Å². The van der Waals surface area contributed by atoms with Gasteiger partial charge in [-0.25, -0.2) is 8.42 Å². The number of carbonyl (C=O) groups is 1. The van der Waals surface area contributed by atoms with Crippen LogP contribution in [0.3, 0.4) is 0 Å². The monoisotopic (exact) mass is 496 g/mol. The predicted molar refractivity (Wildman–Crippen MR) is 116 cm³/mol. The van der Waals surface area contributed by atoms with Crippen molar-refractivity contribution >= 4 is 50.3 Å². The number of para-hydroxylation sites is 1. The van der Waals surface area contributed by atoms with Crippen LogP contribution in [-0.4, -0.2) is 31.7 Å². The number of sulfonamides is 1. The van der Waals surface area contributed by atoms with Crippen molar-refractivity contribution in [3.05, 3.63) is 69.1 Å². The van der Waals surface area contributed by atoms with Crippen molar-refractivity contribution in [1.29, 1.82) is 0 Å². The van der Waals surface area contributed by atoms with E-state index in [4.69, 9.17) is 0 Å². The van der Waals surface area contributed by atoms with Gasteiger partial charge < -0.3 is 5.32 Å². The average molecular weight is 496 g/mol. The molecule has 3 rings (SSSR count). The van der Waals surface area contributed by atoms with E-state index in [0.717, 1.165) is 14.8 Å². The Kier molecular flexibility index (Phi) is 6.67. The Morgan fingerprint density at radius 1 is 1.04 bits per heavy atom. The van der Waals surface area contributed by atoms with E-state index in [9.17, 15) is 13.2 Å². The highest BCUT2D eigenvalue weighted by atomic mass is 127. The first-order valence-corrected chi connectivity index (χ1v) is 11.3. The first kappa shape index (κ1) is 20.0. The Morgan fingerprint density at radius 2 is 1.67 bits per heavy atom. The molecule has 0 spiro atoms. The Bertz CT molecular complexity index is 921. The molecule has 2 aromatic carbocycles. The number of anilines is 1. The Labute approximate surface area is 173 Å². The van der Waals surface area contributed by atoms with Gasteiger partial charge in [0.25, 0.3) is 0 Å². The summed E-state index contributed by atoms with van der Waals surface area (Å²) in [7, 11) is -3.48. The van der Waals surface area contributed by atoms with Gasteiger partial charge in [0.15, 0.2) is 0 Å². The number of hydrogen-bond acceptors (Lipinski definition) is 3. The number of hydrogen-bond donors (Lipinski definition) is 1. The highest BCUT2D eigenvalue weighted by molar-refractivity contribution is 14.1. The quantitative estimate of drug-likeness (QED) is 0.638. The van der Waals surface area contributed by atoms with Crippen molar-refractivity contribution in [3.8, 4) is 0 Å². The first-order chi connectivity index (χ1) is 13.0. The molecular formula is C20H21IN2O3S. The Balaban J connectivity index is 1.57. The number of amides is 1. The standard InChI is InChI=1S/C20H21IN2O3S/c21-18-8-4-5-9-19(18)22-20(24)17-10-13-23(14-11-17)27(25,26)15-12-16-6-2-1-3-7-16/h1-9,12,15,17H,10-11,13-14H2,(H,22,24)/b15-12+. The molecule has 1 N–H and O–H groups in total. The van der Waals surface area contributed by atoms with Crippen molar-refractivity contribution < 1.29 is 13.2 Å². The number of nitrogens with zero attached hydrogens (tertiary/aromatic N) is 1. The van der Waals surface area contributed by atoms with Gasteiger partial charge in [-0.1, -0.05) is 42.5 Å². The third-order valence-electron chi connectivity index (χ3n) is 4.55. The van der Waals surface area contributed by atoms with Crippen molar-refractivity contribution in [2.75, 3.05) is 18.4 Å². The third kappa shape index (κ3) is 5.40. The minimum absolute atomic E-state index is 0.0454. The number of carbonyl (C=O) groups excluding carboxylic acids is 1. The second kappa shape index (κ2) is 8.99. The van der Waals surface area contributed by atoms with Crippen LogP contribution < -0.4 is 5.32 Å². The van der Waals surface area contributed by atoms with Crippen molar-refractivity contribution in [2.45, 2.75) is 12.8 Å². The molecule has 1 aliphatic heterocycles. The molecule has 1 heterocycles. The first-order valence-electron chi connectivity index (χ1n) is 8.74. The van der Waals surface area contributed by atoms with Crippen LogP contribution in [0.15, 0.2) is 60.0 Å². The van der Waals surface area contributed by atoms with Crippen LogP contribution in [0, 0.1) is 9.49 Å². The van der Waals surface area contributed by atoms with Gasteiger partial charge >= 0.3 is 0 Å². The van der Waals surface area contributed by atoms with Gasteiger partial charge in [-0.05, 0) is 59.2 Å². The summed E-state index contributed by atoms with van der Waals surface area (Å²) < 4.78 is 27.4. The van der Waals surface area contributed by atoms with Crippen LogP contribution in [0.2, 0.25) is 0 Å². The van der Waals surface area contributed by atoms with Crippen LogP contribution in [0.1, 0.15) is 18.4 Å². The summed E-state index contributed by atoms with van der Waals surface area (Å²) in [6.45, 7) is 0.705. The lowest BCUT2D eigenvalue weighted by atomic mass is 9.97. The molecule has 1 amide bonds. The van der Waals surface area contributed by atoms with Crippen LogP contribution in [0.25, 0.3) is 6.08 Å². The molecule has 1 aliphatic rings. The fraction of sp³-hybridized carbons (Fsp3) is 0.250. The SMILES string of the molecule is O=C(Nc1ccccc1I)C1CCN(S(=O)(=O)/C=C/c2ccccc2)CC1. The molecule has 142 valence electrons. The molecule has 0 radical (unpaired) electrons. The molecule has 27 heavy (non-hydrogen) atoms. The van der Waals surface area contributed by atoms with Gasteiger partial charge in [-0.2, -0.15) is 4.31 Å². The Hall–Kier alpha value is -1.71. The molecular weight excluding hydrogens is 475 g/mol. The minimum Gasteiger partial charge on any atom is -0.325 e. The maximum Gasteiger partial charge on any atom is 0.236 e. The zero-order valence-electron chi connectivity index (χ0n) is 14.7. The largest absolute Gasteiger partial charge is 0.325 e. The van der Waals surface area contributed by atoms with E-state index in [1.54, 1.807) is 6.08 Å². The lowest BCUT2D eigenvalue weighted by molar-refractivity contribution is -0.120. The molecule has 0 saturated carbocycles. The number of nitrogens with one attached hydrogen (secondary N) is 1. The number of piperidine rings is 1. The topological polar surface area (TPSA) is 66.5 Å². The second-order valence-corrected chi connectivity index (χ2v) is 9.38. The molecule has 0 unspecified atom stereocenters. The summed E-state index contributed by atoms with van der Waals surface area (Å²) >= 11 is 2.18. The van der Waals surface area contributed by atoms with E-state index in [1.807, 2.05) is 54.6 Å². The fourth-order valence-electron chi connectivity index (χ4n) is 2.98. The number of benzene rings is 2. The normalized spacial score (nSPS) is 16.5. The third-order valence-corrected chi connectivity index (χ3v) is 7.05. The molecule has 1 saturated heterocycles. The molecule has 1 fully saturated rings. The van der Waals surface area contributed by atoms with E-state index in [1.165, 1.54) is 9.71 Å². The predicted octanol–water partition coefficient (Wildman–Crippen LogP) is 3.94. The lowest BCUT2D eigenvalue weighted by Crippen LogP contribution is -2.40. The van der Waals surface area contributed by atoms with Crippen molar-refractivity contribution in [2.24, 2.45) is 5.92 Å². The molecule has 0 aromatic heterocycles. The molecule has 2 aromatic rings. The maximum absolute atomic E-state index is 12.5. The van der Waals surface area contributed by atoms with Crippen LogP contribution in [0.5, 0.6) is 0 Å². The minimum atomic E-state index is -3.48. The summed E-state index contributed by atoms with van der Waals surface area (Å²) in [4.78, 5) is 12.5. The van der Waals surface area contributed by atoms with Gasteiger partial charge in [0.2, 0.25) is 15.9 Å². The van der Waals surface area contributed by atoms with E-state index in [-0.39, 0.29) is 11.8 Å². The van der Waals surface area contributed by atoms with Crippen molar-refractivity contribution in [3.63, 3.8) is 0 Å². The second-order valence-electron chi connectivity index (χ2n) is 6.40. The fourth-order valence-corrected chi connectivity index (χ4v) is 4.73. The highest BCUT2D eigenvalue weighted by Gasteiger charge is 2.30.